The fourth-order valence-corrected chi connectivity index (χ4v) is 3.08. The van der Waals surface area contributed by atoms with E-state index in [2.05, 4.69) is 22.4 Å². The van der Waals surface area contributed by atoms with Crippen LogP contribution in [0.15, 0.2) is 43.0 Å². The van der Waals surface area contributed by atoms with Crippen LogP contribution in [0.4, 0.5) is 0 Å². The molecule has 2 aromatic rings. The summed E-state index contributed by atoms with van der Waals surface area (Å²) in [5, 5.41) is 3.05. The highest BCUT2D eigenvalue weighted by Gasteiger charge is 2.38. The molecule has 1 aromatic heterocycles. The summed E-state index contributed by atoms with van der Waals surface area (Å²) in [7, 11) is 0. The van der Waals surface area contributed by atoms with Crippen LogP contribution in [0.25, 0.3) is 0 Å². The number of hydrogen-bond acceptors (Lipinski definition) is 4. The van der Waals surface area contributed by atoms with Crippen LogP contribution in [0.5, 0.6) is 0 Å². The van der Waals surface area contributed by atoms with E-state index in [0.29, 0.717) is 39.1 Å². The second-order valence-electron chi connectivity index (χ2n) is 6.33. The summed E-state index contributed by atoms with van der Waals surface area (Å²) >= 11 is 0. The van der Waals surface area contributed by atoms with Gasteiger partial charge in [0.2, 0.25) is 5.91 Å². The molecule has 0 radical (unpaired) electrons. The number of hydrogen-bond donors (Lipinski definition) is 2. The highest BCUT2D eigenvalue weighted by atomic mass is 35.5. The van der Waals surface area contributed by atoms with Crippen LogP contribution in [0, 0.1) is 5.41 Å². The highest BCUT2D eigenvalue weighted by molar-refractivity contribution is 5.85. The summed E-state index contributed by atoms with van der Waals surface area (Å²) in [5.74, 6) is 0.0355. The van der Waals surface area contributed by atoms with Gasteiger partial charge < -0.3 is 20.4 Å². The monoisotopic (exact) mass is 400 g/mol. The molecular formula is C18H26Cl2N4O2. The van der Waals surface area contributed by atoms with Gasteiger partial charge in [-0.1, -0.05) is 24.3 Å². The van der Waals surface area contributed by atoms with Crippen molar-refractivity contribution in [2.45, 2.75) is 25.9 Å². The molecule has 1 aliphatic rings. The molecule has 0 aliphatic carbocycles. The predicted octanol–water partition coefficient (Wildman–Crippen LogP) is 2.15. The zero-order valence-corrected chi connectivity index (χ0v) is 16.2. The molecule has 0 bridgehead atoms. The van der Waals surface area contributed by atoms with E-state index in [-0.39, 0.29) is 30.7 Å². The molecule has 1 fully saturated rings. The number of nitrogens with zero attached hydrogens (tertiary/aromatic N) is 2. The Kier molecular flexibility index (Phi) is 9.08. The molecule has 6 nitrogen and oxygen atoms in total. The minimum atomic E-state index is -0.479. The van der Waals surface area contributed by atoms with Crippen molar-refractivity contribution >= 4 is 30.7 Å². The number of nitrogens with two attached hydrogens (primary N) is 1. The lowest BCUT2D eigenvalue weighted by atomic mass is 9.79. The average Bonchev–Trinajstić information content (AvgIpc) is 3.13. The molecule has 144 valence electrons. The van der Waals surface area contributed by atoms with E-state index in [1.165, 1.54) is 5.56 Å². The van der Waals surface area contributed by atoms with Crippen molar-refractivity contribution in [3.05, 3.63) is 54.1 Å². The molecule has 1 amide bonds. The van der Waals surface area contributed by atoms with Crippen molar-refractivity contribution in [3.63, 3.8) is 0 Å². The smallest absolute Gasteiger partial charge is 0.227 e. The maximum atomic E-state index is 12.6. The molecule has 0 spiro atoms. The van der Waals surface area contributed by atoms with Gasteiger partial charge in [0.1, 0.15) is 0 Å². The zero-order valence-electron chi connectivity index (χ0n) is 14.6. The predicted molar refractivity (Wildman–Crippen MR) is 106 cm³/mol. The molecule has 1 aromatic carbocycles. The van der Waals surface area contributed by atoms with Gasteiger partial charge in [0.15, 0.2) is 0 Å². The number of halogens is 2. The molecule has 3 rings (SSSR count). The SMILES string of the molecule is Cl.Cl.NCC1(C(=O)NCc2cccc(Cn3ccnc3)c2)CCOCC1. The van der Waals surface area contributed by atoms with Crippen molar-refractivity contribution in [1.82, 2.24) is 14.9 Å². The van der Waals surface area contributed by atoms with Crippen LogP contribution in [-0.4, -0.2) is 35.2 Å². The summed E-state index contributed by atoms with van der Waals surface area (Å²) in [6.45, 7) is 2.85. The molecular weight excluding hydrogens is 375 g/mol. The van der Waals surface area contributed by atoms with Gasteiger partial charge in [-0.2, -0.15) is 0 Å². The van der Waals surface area contributed by atoms with Crippen LogP contribution in [0.1, 0.15) is 24.0 Å². The Morgan fingerprint density at radius 1 is 1.27 bits per heavy atom. The lowest BCUT2D eigenvalue weighted by molar-refractivity contribution is -0.136. The number of rotatable bonds is 6. The summed E-state index contributed by atoms with van der Waals surface area (Å²) in [5.41, 5.74) is 7.67. The van der Waals surface area contributed by atoms with Crippen LogP contribution < -0.4 is 11.1 Å². The number of nitrogens with one attached hydrogen (secondary N) is 1. The molecule has 2 heterocycles. The normalized spacial score (nSPS) is 15.4. The Balaban J connectivity index is 0.00000169. The van der Waals surface area contributed by atoms with Crippen molar-refractivity contribution < 1.29 is 9.53 Å². The lowest BCUT2D eigenvalue weighted by Gasteiger charge is -2.34. The van der Waals surface area contributed by atoms with Gasteiger partial charge in [-0.25, -0.2) is 4.98 Å². The maximum Gasteiger partial charge on any atom is 0.227 e. The number of imidazole rings is 1. The zero-order chi connectivity index (χ0) is 16.8. The van der Waals surface area contributed by atoms with E-state index in [1.54, 1.807) is 12.5 Å². The fourth-order valence-electron chi connectivity index (χ4n) is 3.08. The molecule has 1 saturated heterocycles. The number of aromatic nitrogens is 2. The minimum absolute atomic E-state index is 0. The molecule has 26 heavy (non-hydrogen) atoms. The first-order valence-electron chi connectivity index (χ1n) is 8.31. The first kappa shape index (κ1) is 22.4. The Morgan fingerprint density at radius 3 is 2.65 bits per heavy atom. The standard InChI is InChI=1S/C18H24N4O2.2ClH/c19-13-18(4-8-24-9-5-18)17(23)21-11-15-2-1-3-16(10-15)12-22-7-6-20-14-22;;/h1-3,6-7,10,14H,4-5,8-9,11-13,19H2,(H,21,23);2*1H. The second-order valence-corrected chi connectivity index (χ2v) is 6.33. The molecule has 0 atom stereocenters. The van der Waals surface area contributed by atoms with Gasteiger partial charge in [0.05, 0.1) is 11.7 Å². The average molecular weight is 401 g/mol. The van der Waals surface area contributed by atoms with E-state index in [4.69, 9.17) is 10.5 Å². The van der Waals surface area contributed by atoms with Crippen LogP contribution >= 0.6 is 24.8 Å². The summed E-state index contributed by atoms with van der Waals surface area (Å²) < 4.78 is 7.38. The minimum Gasteiger partial charge on any atom is -0.381 e. The summed E-state index contributed by atoms with van der Waals surface area (Å²) in [4.78, 5) is 16.7. The van der Waals surface area contributed by atoms with E-state index < -0.39 is 5.41 Å². The first-order valence-corrected chi connectivity index (χ1v) is 8.31. The molecule has 0 unspecified atom stereocenters. The van der Waals surface area contributed by atoms with E-state index in [0.717, 1.165) is 12.1 Å². The Labute approximate surface area is 166 Å². The maximum absolute atomic E-state index is 12.6. The Hall–Kier alpha value is -1.60. The third-order valence-electron chi connectivity index (χ3n) is 4.69. The van der Waals surface area contributed by atoms with Gasteiger partial charge in [-0.05, 0) is 24.0 Å². The molecule has 3 N–H and O–H groups in total. The number of carbonyl (C=O) groups excluding carboxylic acids is 1. The van der Waals surface area contributed by atoms with Crippen molar-refractivity contribution in [3.8, 4) is 0 Å². The second kappa shape index (κ2) is 10.5. The van der Waals surface area contributed by atoms with E-state index in [1.807, 2.05) is 22.9 Å². The van der Waals surface area contributed by atoms with Crippen LogP contribution in [0.3, 0.4) is 0 Å². The van der Waals surface area contributed by atoms with Gasteiger partial charge in [-0.3, -0.25) is 4.79 Å². The van der Waals surface area contributed by atoms with Crippen molar-refractivity contribution in [2.75, 3.05) is 19.8 Å². The van der Waals surface area contributed by atoms with E-state index >= 15 is 0 Å². The van der Waals surface area contributed by atoms with Gasteiger partial charge >= 0.3 is 0 Å². The number of ether oxygens (including phenoxy) is 1. The third-order valence-corrected chi connectivity index (χ3v) is 4.69. The fraction of sp³-hybridized carbons (Fsp3) is 0.444. The van der Waals surface area contributed by atoms with Gasteiger partial charge in [-0.15, -0.1) is 24.8 Å². The molecule has 8 heteroatoms. The van der Waals surface area contributed by atoms with Crippen LogP contribution in [-0.2, 0) is 22.6 Å². The number of carbonyl (C=O) groups is 1. The highest BCUT2D eigenvalue weighted by Crippen LogP contribution is 2.29. The van der Waals surface area contributed by atoms with Gasteiger partial charge in [0, 0.05) is 45.2 Å². The summed E-state index contributed by atoms with van der Waals surface area (Å²) in [6, 6.07) is 8.22. The van der Waals surface area contributed by atoms with Crippen LogP contribution in [0.2, 0.25) is 0 Å². The Morgan fingerprint density at radius 2 is 2.00 bits per heavy atom. The molecule has 0 saturated carbocycles. The molecule has 1 aliphatic heterocycles. The third kappa shape index (κ3) is 5.45. The lowest BCUT2D eigenvalue weighted by Crippen LogP contribution is -2.48. The first-order chi connectivity index (χ1) is 11.7. The van der Waals surface area contributed by atoms with Gasteiger partial charge in [0.25, 0.3) is 0 Å². The van der Waals surface area contributed by atoms with Crippen molar-refractivity contribution in [1.29, 1.82) is 0 Å². The largest absolute Gasteiger partial charge is 0.381 e. The number of benzene rings is 1. The topological polar surface area (TPSA) is 82.2 Å². The van der Waals surface area contributed by atoms with E-state index in [9.17, 15) is 4.79 Å². The quantitative estimate of drug-likeness (QED) is 0.777. The Bertz CT molecular complexity index is 674. The van der Waals surface area contributed by atoms with Crippen molar-refractivity contribution in [2.24, 2.45) is 11.1 Å². The number of amides is 1. The summed E-state index contributed by atoms with van der Waals surface area (Å²) in [6.07, 6.45) is 6.88.